The van der Waals surface area contributed by atoms with E-state index >= 15 is 0 Å². The number of carbonyl (C=O) groups is 1. The van der Waals surface area contributed by atoms with Crippen LogP contribution in [0.3, 0.4) is 0 Å². The van der Waals surface area contributed by atoms with Gasteiger partial charge in [-0.3, -0.25) is 0 Å². The number of carbonyl (C=O) groups excluding carboxylic acids is 1. The second-order valence-electron chi connectivity index (χ2n) is 8.76. The zero-order chi connectivity index (χ0) is 23.3. The van der Waals surface area contributed by atoms with Gasteiger partial charge in [-0.05, 0) is 58.5 Å². The summed E-state index contributed by atoms with van der Waals surface area (Å²) in [5.41, 5.74) is 4.54. The Morgan fingerprint density at radius 1 is 0.788 bits per heavy atom. The summed E-state index contributed by atoms with van der Waals surface area (Å²) in [6, 6.07) is 28.8. The fourth-order valence-electron chi connectivity index (χ4n) is 3.37. The molecule has 5 heteroatoms. The molecule has 4 rings (SSSR count). The molecule has 0 bridgehead atoms. The van der Waals surface area contributed by atoms with Crippen LogP contribution >= 0.6 is 0 Å². The summed E-state index contributed by atoms with van der Waals surface area (Å²) in [5.74, 6) is 0.999. The molecule has 1 aromatic heterocycles. The van der Waals surface area contributed by atoms with Crippen molar-refractivity contribution in [1.82, 2.24) is 4.98 Å². The lowest BCUT2D eigenvalue weighted by molar-refractivity contribution is 0.262. The normalized spacial score (nSPS) is 11.0. The molecule has 0 aliphatic rings. The first kappa shape index (κ1) is 22.1. The second-order valence-corrected chi connectivity index (χ2v) is 8.76. The Bertz CT molecular complexity index is 1230. The Hall–Kier alpha value is -4.12. The summed E-state index contributed by atoms with van der Waals surface area (Å²) in [7, 11) is 0. The monoisotopic (exact) mass is 437 g/mol. The number of nitrogens with one attached hydrogen (secondary N) is 2. The van der Waals surface area contributed by atoms with Gasteiger partial charge in [0, 0.05) is 11.9 Å². The van der Waals surface area contributed by atoms with E-state index < -0.39 is 0 Å². The number of urea groups is 1. The average molecular weight is 438 g/mol. The number of hydrogen-bond acceptors (Lipinski definition) is 3. The molecule has 0 saturated heterocycles. The number of hydrogen-bond donors (Lipinski definition) is 2. The third kappa shape index (κ3) is 5.77. The van der Waals surface area contributed by atoms with Crippen LogP contribution < -0.4 is 15.4 Å². The standard InChI is InChI=1S/C28H27N3O2/c1-28(2,3)22-11-7-12-24(19-22)33-26-25(13-8-18-29-26)31-27(32)30-23-16-14-21(15-17-23)20-9-5-4-6-10-20/h4-19H,1-3H3,(H2,30,31,32). The summed E-state index contributed by atoms with van der Waals surface area (Å²) in [5, 5.41) is 5.69. The molecule has 2 N–H and O–H groups in total. The molecule has 166 valence electrons. The molecule has 0 radical (unpaired) electrons. The van der Waals surface area contributed by atoms with Gasteiger partial charge in [0.1, 0.15) is 11.4 Å². The highest BCUT2D eigenvalue weighted by molar-refractivity contribution is 6.00. The summed E-state index contributed by atoms with van der Waals surface area (Å²) >= 11 is 0. The molecular formula is C28H27N3O2. The van der Waals surface area contributed by atoms with E-state index in [1.165, 1.54) is 0 Å². The number of aromatic nitrogens is 1. The molecule has 0 aliphatic heterocycles. The number of rotatable bonds is 5. The lowest BCUT2D eigenvalue weighted by Gasteiger charge is -2.20. The molecule has 1 heterocycles. The third-order valence-electron chi connectivity index (χ3n) is 5.18. The maximum atomic E-state index is 12.6. The van der Waals surface area contributed by atoms with Gasteiger partial charge in [0.15, 0.2) is 0 Å². The van der Waals surface area contributed by atoms with E-state index in [0.717, 1.165) is 16.7 Å². The Morgan fingerprint density at radius 2 is 1.52 bits per heavy atom. The van der Waals surface area contributed by atoms with Crippen molar-refractivity contribution in [3.8, 4) is 22.8 Å². The van der Waals surface area contributed by atoms with Crippen LogP contribution in [0.15, 0.2) is 97.2 Å². The van der Waals surface area contributed by atoms with Crippen molar-refractivity contribution in [2.24, 2.45) is 0 Å². The first-order valence-electron chi connectivity index (χ1n) is 10.9. The fourth-order valence-corrected chi connectivity index (χ4v) is 3.37. The van der Waals surface area contributed by atoms with Gasteiger partial charge in [-0.25, -0.2) is 9.78 Å². The van der Waals surface area contributed by atoms with Crippen molar-refractivity contribution in [3.63, 3.8) is 0 Å². The Balaban J connectivity index is 1.44. The van der Waals surface area contributed by atoms with Crippen molar-refractivity contribution in [3.05, 3.63) is 103 Å². The number of pyridine rings is 1. The highest BCUT2D eigenvalue weighted by Gasteiger charge is 2.15. The minimum Gasteiger partial charge on any atom is -0.437 e. The van der Waals surface area contributed by atoms with Crippen molar-refractivity contribution in [2.75, 3.05) is 10.6 Å². The van der Waals surface area contributed by atoms with Gasteiger partial charge in [0.2, 0.25) is 5.88 Å². The van der Waals surface area contributed by atoms with Crippen LogP contribution in [-0.4, -0.2) is 11.0 Å². The predicted octanol–water partition coefficient (Wildman–Crippen LogP) is 7.48. The molecule has 0 fully saturated rings. The average Bonchev–Trinajstić information content (AvgIpc) is 2.81. The highest BCUT2D eigenvalue weighted by atomic mass is 16.5. The van der Waals surface area contributed by atoms with Crippen LogP contribution in [0.4, 0.5) is 16.2 Å². The molecule has 0 aliphatic carbocycles. The molecule has 0 saturated carbocycles. The molecular weight excluding hydrogens is 410 g/mol. The van der Waals surface area contributed by atoms with E-state index in [1.54, 1.807) is 18.3 Å². The first-order valence-corrected chi connectivity index (χ1v) is 10.9. The van der Waals surface area contributed by atoms with E-state index in [9.17, 15) is 4.79 Å². The Morgan fingerprint density at radius 3 is 2.24 bits per heavy atom. The Labute approximate surface area is 194 Å². The summed E-state index contributed by atoms with van der Waals surface area (Å²) in [6.45, 7) is 6.45. The van der Waals surface area contributed by atoms with Crippen molar-refractivity contribution in [2.45, 2.75) is 26.2 Å². The molecule has 0 spiro atoms. The van der Waals surface area contributed by atoms with Crippen LogP contribution in [0.25, 0.3) is 11.1 Å². The van der Waals surface area contributed by atoms with Crippen LogP contribution in [-0.2, 0) is 5.41 Å². The van der Waals surface area contributed by atoms with E-state index in [1.807, 2.05) is 60.7 Å². The zero-order valence-electron chi connectivity index (χ0n) is 19.0. The lowest BCUT2D eigenvalue weighted by atomic mass is 9.87. The summed E-state index contributed by atoms with van der Waals surface area (Å²) < 4.78 is 6.01. The molecule has 0 unspecified atom stereocenters. The van der Waals surface area contributed by atoms with E-state index in [4.69, 9.17) is 4.74 Å². The van der Waals surface area contributed by atoms with Gasteiger partial charge in [0.05, 0.1) is 0 Å². The van der Waals surface area contributed by atoms with Gasteiger partial charge < -0.3 is 15.4 Å². The fraction of sp³-hybridized carbons (Fsp3) is 0.143. The van der Waals surface area contributed by atoms with Crippen LogP contribution in [0.5, 0.6) is 11.6 Å². The van der Waals surface area contributed by atoms with E-state index in [-0.39, 0.29) is 11.4 Å². The van der Waals surface area contributed by atoms with Crippen molar-refractivity contribution < 1.29 is 9.53 Å². The van der Waals surface area contributed by atoms with E-state index in [2.05, 4.69) is 54.6 Å². The van der Waals surface area contributed by atoms with Crippen molar-refractivity contribution >= 4 is 17.4 Å². The van der Waals surface area contributed by atoms with Gasteiger partial charge >= 0.3 is 6.03 Å². The Kier molecular flexibility index (Phi) is 6.41. The number of nitrogens with zero attached hydrogens (tertiary/aromatic N) is 1. The van der Waals surface area contributed by atoms with Gasteiger partial charge in [-0.15, -0.1) is 0 Å². The lowest BCUT2D eigenvalue weighted by Crippen LogP contribution is -2.19. The summed E-state index contributed by atoms with van der Waals surface area (Å²) in [6.07, 6.45) is 1.63. The van der Waals surface area contributed by atoms with Gasteiger partial charge in [-0.2, -0.15) is 0 Å². The minimum absolute atomic E-state index is 0.000508. The predicted molar refractivity (Wildman–Crippen MR) is 134 cm³/mol. The third-order valence-corrected chi connectivity index (χ3v) is 5.18. The molecule has 4 aromatic rings. The second kappa shape index (κ2) is 9.57. The number of benzene rings is 3. The quantitative estimate of drug-likeness (QED) is 0.340. The topological polar surface area (TPSA) is 63.2 Å². The smallest absolute Gasteiger partial charge is 0.323 e. The first-order chi connectivity index (χ1) is 15.9. The maximum absolute atomic E-state index is 12.6. The van der Waals surface area contributed by atoms with Gasteiger partial charge in [0.25, 0.3) is 0 Å². The maximum Gasteiger partial charge on any atom is 0.323 e. The number of amides is 2. The van der Waals surface area contributed by atoms with Gasteiger partial charge in [-0.1, -0.05) is 75.4 Å². The van der Waals surface area contributed by atoms with Crippen LogP contribution in [0.1, 0.15) is 26.3 Å². The minimum atomic E-state index is -0.372. The zero-order valence-corrected chi connectivity index (χ0v) is 19.0. The number of ether oxygens (including phenoxy) is 1. The van der Waals surface area contributed by atoms with E-state index in [0.29, 0.717) is 23.0 Å². The summed E-state index contributed by atoms with van der Waals surface area (Å²) in [4.78, 5) is 16.9. The molecule has 5 nitrogen and oxygen atoms in total. The highest BCUT2D eigenvalue weighted by Crippen LogP contribution is 2.31. The number of anilines is 2. The van der Waals surface area contributed by atoms with Crippen LogP contribution in [0.2, 0.25) is 0 Å². The molecule has 33 heavy (non-hydrogen) atoms. The van der Waals surface area contributed by atoms with Crippen molar-refractivity contribution in [1.29, 1.82) is 0 Å². The largest absolute Gasteiger partial charge is 0.437 e. The van der Waals surface area contributed by atoms with Crippen LogP contribution in [0, 0.1) is 0 Å². The molecule has 2 amide bonds. The molecule has 0 atom stereocenters. The molecule has 3 aromatic carbocycles. The SMILES string of the molecule is CC(C)(C)c1cccc(Oc2ncccc2NC(=O)Nc2ccc(-c3ccccc3)cc2)c1.